The predicted molar refractivity (Wildman–Crippen MR) is 91.7 cm³/mol. The molecule has 3 aromatic rings. The number of alkyl halides is 2. The zero-order chi connectivity index (χ0) is 18.7. The molecule has 1 amide bonds. The van der Waals surface area contributed by atoms with Crippen LogP contribution in [0.5, 0.6) is 0 Å². The van der Waals surface area contributed by atoms with Crippen LogP contribution in [0.15, 0.2) is 59.8 Å². The average molecular weight is 379 g/mol. The lowest BCUT2D eigenvalue weighted by Gasteiger charge is -2.08. The van der Waals surface area contributed by atoms with Gasteiger partial charge in [0.1, 0.15) is 0 Å². The van der Waals surface area contributed by atoms with Gasteiger partial charge in [-0.2, -0.15) is 8.78 Å². The van der Waals surface area contributed by atoms with E-state index in [9.17, 15) is 22.0 Å². The summed E-state index contributed by atoms with van der Waals surface area (Å²) in [5.74, 6) is -3.91. The minimum Gasteiger partial charge on any atom is -0.350 e. The minimum absolute atomic E-state index is 0.189. The van der Waals surface area contributed by atoms with Gasteiger partial charge in [0.2, 0.25) is 9.84 Å². The molecule has 0 saturated carbocycles. The molecular weight excluding hydrogens is 364 g/mol. The number of hydrogen-bond acceptors (Lipinski definition) is 4. The second kappa shape index (κ2) is 7.20. The third kappa shape index (κ3) is 3.57. The zero-order valence-electron chi connectivity index (χ0n) is 13.5. The van der Waals surface area contributed by atoms with Crippen molar-refractivity contribution in [3.63, 3.8) is 0 Å². The Morgan fingerprint density at radius 3 is 2.50 bits per heavy atom. The first-order valence-electron chi connectivity index (χ1n) is 7.70. The van der Waals surface area contributed by atoms with Crippen LogP contribution >= 0.6 is 0 Å². The number of nitrogens with one attached hydrogen (secondary N) is 1. The van der Waals surface area contributed by atoms with Gasteiger partial charge in [-0.15, -0.1) is 0 Å². The number of carbonyl (C=O) groups excluding carboxylic acids is 1. The maximum absolute atomic E-state index is 12.5. The predicted octanol–water partition coefficient (Wildman–Crippen LogP) is 2.46. The van der Waals surface area contributed by atoms with E-state index < -0.39 is 26.4 Å². The molecule has 6 nitrogen and oxygen atoms in total. The zero-order valence-corrected chi connectivity index (χ0v) is 14.3. The Hall–Kier alpha value is -2.81. The number of carbonyl (C=O) groups is 1. The molecule has 1 aromatic heterocycles. The van der Waals surface area contributed by atoms with E-state index in [-0.39, 0.29) is 5.56 Å². The van der Waals surface area contributed by atoms with Crippen LogP contribution in [0.2, 0.25) is 0 Å². The molecule has 1 heterocycles. The van der Waals surface area contributed by atoms with Crippen molar-refractivity contribution in [1.29, 1.82) is 0 Å². The van der Waals surface area contributed by atoms with Gasteiger partial charge in [-0.1, -0.05) is 12.1 Å². The number of para-hydroxylation sites is 2. The van der Waals surface area contributed by atoms with Crippen LogP contribution in [0.4, 0.5) is 8.78 Å². The number of imidazole rings is 1. The van der Waals surface area contributed by atoms with Gasteiger partial charge in [0.15, 0.2) is 0 Å². The van der Waals surface area contributed by atoms with Crippen molar-refractivity contribution in [3.05, 3.63) is 60.4 Å². The summed E-state index contributed by atoms with van der Waals surface area (Å²) < 4.78 is 49.6. The van der Waals surface area contributed by atoms with Gasteiger partial charge in [-0.3, -0.25) is 4.79 Å². The maximum atomic E-state index is 12.5. The molecule has 0 aliphatic carbocycles. The fourth-order valence-corrected chi connectivity index (χ4v) is 3.20. The number of benzene rings is 2. The lowest BCUT2D eigenvalue weighted by Crippen LogP contribution is -2.27. The van der Waals surface area contributed by atoms with E-state index in [1.54, 1.807) is 6.33 Å². The summed E-state index contributed by atoms with van der Waals surface area (Å²) in [4.78, 5) is 15.8. The summed E-state index contributed by atoms with van der Waals surface area (Å²) in [6.07, 6.45) is 1.68. The van der Waals surface area contributed by atoms with Gasteiger partial charge in [-0.05, 0) is 36.4 Å². The fourth-order valence-electron chi connectivity index (χ4n) is 2.48. The van der Waals surface area contributed by atoms with Gasteiger partial charge in [0, 0.05) is 18.7 Å². The average Bonchev–Trinajstić information content (AvgIpc) is 3.05. The Labute approximate surface area is 148 Å². The monoisotopic (exact) mass is 379 g/mol. The highest BCUT2D eigenvalue weighted by Crippen LogP contribution is 2.18. The SMILES string of the molecule is O=C(NCCn1cnc2ccccc21)c1ccc(S(=O)(=O)C(F)F)cc1. The van der Waals surface area contributed by atoms with Crippen LogP contribution < -0.4 is 5.32 Å². The van der Waals surface area contributed by atoms with Crippen LogP contribution in [0.1, 0.15) is 10.4 Å². The first-order valence-corrected chi connectivity index (χ1v) is 9.24. The quantitative estimate of drug-likeness (QED) is 0.713. The van der Waals surface area contributed by atoms with E-state index >= 15 is 0 Å². The second-order valence-electron chi connectivity index (χ2n) is 5.51. The molecular formula is C17H15F2N3O3S. The highest BCUT2D eigenvalue weighted by atomic mass is 32.2. The lowest BCUT2D eigenvalue weighted by atomic mass is 10.2. The third-order valence-corrected chi connectivity index (χ3v) is 5.24. The molecule has 9 heteroatoms. The van der Waals surface area contributed by atoms with Gasteiger partial charge in [0.25, 0.3) is 5.91 Å². The molecule has 0 spiro atoms. The number of hydrogen-bond donors (Lipinski definition) is 1. The number of sulfone groups is 1. The summed E-state index contributed by atoms with van der Waals surface area (Å²) in [6.45, 7) is 0.834. The van der Waals surface area contributed by atoms with E-state index in [1.165, 1.54) is 12.1 Å². The molecule has 0 aliphatic heterocycles. The molecule has 0 atom stereocenters. The molecule has 0 radical (unpaired) electrons. The molecule has 0 bridgehead atoms. The van der Waals surface area contributed by atoms with E-state index in [0.717, 1.165) is 23.2 Å². The molecule has 26 heavy (non-hydrogen) atoms. The van der Waals surface area contributed by atoms with Gasteiger partial charge in [-0.25, -0.2) is 13.4 Å². The van der Waals surface area contributed by atoms with Gasteiger partial charge < -0.3 is 9.88 Å². The largest absolute Gasteiger partial charge is 0.350 e. The summed E-state index contributed by atoms with van der Waals surface area (Å²) in [5.41, 5.74) is 1.99. The van der Waals surface area contributed by atoms with Crippen molar-refractivity contribution < 1.29 is 22.0 Å². The van der Waals surface area contributed by atoms with Crippen LogP contribution in [0.3, 0.4) is 0 Å². The first kappa shape index (κ1) is 18.0. The van der Waals surface area contributed by atoms with Crippen molar-refractivity contribution in [2.24, 2.45) is 0 Å². The molecule has 3 rings (SSSR count). The van der Waals surface area contributed by atoms with E-state index in [0.29, 0.717) is 13.1 Å². The summed E-state index contributed by atoms with van der Waals surface area (Å²) in [6, 6.07) is 12.0. The van der Waals surface area contributed by atoms with Gasteiger partial charge in [0.05, 0.1) is 22.3 Å². The van der Waals surface area contributed by atoms with Gasteiger partial charge >= 0.3 is 5.76 Å². The molecule has 0 aliphatic rings. The number of aromatic nitrogens is 2. The number of rotatable bonds is 6. The number of nitrogens with zero attached hydrogens (tertiary/aromatic N) is 2. The number of fused-ring (bicyclic) bond motifs is 1. The Bertz CT molecular complexity index is 1030. The van der Waals surface area contributed by atoms with Crippen molar-refractivity contribution in [2.45, 2.75) is 17.2 Å². The second-order valence-corrected chi connectivity index (χ2v) is 7.43. The van der Waals surface area contributed by atoms with Crippen LogP contribution in [0, 0.1) is 0 Å². The van der Waals surface area contributed by atoms with Crippen molar-refractivity contribution in [3.8, 4) is 0 Å². The summed E-state index contributed by atoms with van der Waals surface area (Å²) in [7, 11) is -4.66. The fraction of sp³-hybridized carbons (Fsp3) is 0.176. The van der Waals surface area contributed by atoms with Crippen molar-refractivity contribution in [1.82, 2.24) is 14.9 Å². The molecule has 0 unspecified atom stereocenters. The highest BCUT2D eigenvalue weighted by Gasteiger charge is 2.26. The number of halogens is 2. The molecule has 0 fully saturated rings. The van der Waals surface area contributed by atoms with E-state index in [4.69, 9.17) is 0 Å². The maximum Gasteiger partial charge on any atom is 0.341 e. The minimum atomic E-state index is -4.66. The number of amides is 1. The molecule has 136 valence electrons. The Kier molecular flexibility index (Phi) is 4.99. The molecule has 1 N–H and O–H groups in total. The third-order valence-electron chi connectivity index (χ3n) is 3.85. The first-order chi connectivity index (χ1) is 12.4. The normalized spacial score (nSPS) is 11.8. The smallest absolute Gasteiger partial charge is 0.341 e. The van der Waals surface area contributed by atoms with Crippen LogP contribution in [-0.4, -0.2) is 36.2 Å². The molecule has 0 saturated heterocycles. The van der Waals surface area contributed by atoms with E-state index in [2.05, 4.69) is 10.3 Å². The summed E-state index contributed by atoms with van der Waals surface area (Å²) in [5, 5.41) is 2.70. The lowest BCUT2D eigenvalue weighted by molar-refractivity contribution is 0.0952. The van der Waals surface area contributed by atoms with Crippen molar-refractivity contribution in [2.75, 3.05) is 6.54 Å². The summed E-state index contributed by atoms with van der Waals surface area (Å²) >= 11 is 0. The Balaban J connectivity index is 1.62. The molecule has 2 aromatic carbocycles. The Morgan fingerprint density at radius 1 is 1.12 bits per heavy atom. The van der Waals surface area contributed by atoms with Crippen LogP contribution in [0.25, 0.3) is 11.0 Å². The standard InChI is InChI=1S/C17H15F2N3O3S/c18-17(19)26(24,25)13-7-5-12(6-8-13)16(23)20-9-10-22-11-21-14-3-1-2-4-15(14)22/h1-8,11,17H,9-10H2,(H,20,23). The van der Waals surface area contributed by atoms with Crippen molar-refractivity contribution >= 4 is 26.8 Å². The van der Waals surface area contributed by atoms with E-state index in [1.807, 2.05) is 28.8 Å². The Morgan fingerprint density at radius 2 is 1.81 bits per heavy atom. The van der Waals surface area contributed by atoms with Crippen LogP contribution in [-0.2, 0) is 16.4 Å². The highest BCUT2D eigenvalue weighted by molar-refractivity contribution is 7.91. The topological polar surface area (TPSA) is 81.1 Å².